The Kier molecular flexibility index (Phi) is 0.541. The second-order valence-electron chi connectivity index (χ2n) is 1.33. The summed E-state index contributed by atoms with van der Waals surface area (Å²) in [5, 5.41) is 0. The minimum absolute atomic E-state index is 0.0718. The third-order valence-corrected chi connectivity index (χ3v) is 0.653. The van der Waals surface area contributed by atoms with Crippen LogP contribution in [0.25, 0.3) is 0 Å². The van der Waals surface area contributed by atoms with Crippen LogP contribution in [0.2, 0.25) is 0 Å². The lowest BCUT2D eigenvalue weighted by molar-refractivity contribution is 1.13. The van der Waals surface area contributed by atoms with Gasteiger partial charge in [0.05, 0.1) is 11.9 Å². The van der Waals surface area contributed by atoms with Gasteiger partial charge in [-0.15, -0.1) is 0 Å². The van der Waals surface area contributed by atoms with Crippen LogP contribution in [0.15, 0.2) is 12.4 Å². The highest BCUT2D eigenvalue weighted by atomic mass is 14.9. The number of nitrogen functional groups attached to an aromatic ring is 1. The Morgan fingerprint density at radius 3 is 3.12 bits per heavy atom. The molecule has 42 valence electrons. The molecule has 8 heavy (non-hydrogen) atoms. The third-order valence-electron chi connectivity index (χ3n) is 0.653. The zero-order valence-corrected chi connectivity index (χ0v) is 4.13. The van der Waals surface area contributed by atoms with Gasteiger partial charge in [0.25, 0.3) is 0 Å². The summed E-state index contributed by atoms with van der Waals surface area (Å²) in [6.45, 7) is -2.22. The highest BCUT2D eigenvalue weighted by Crippen LogP contribution is 1.92. The molecule has 0 aliphatic carbocycles. The van der Waals surface area contributed by atoms with Crippen molar-refractivity contribution in [3.63, 3.8) is 0 Å². The van der Waals surface area contributed by atoms with Gasteiger partial charge in [0.15, 0.2) is 0 Å². The molecule has 0 spiro atoms. The van der Waals surface area contributed by atoms with E-state index in [-0.39, 0.29) is 11.5 Å². The van der Waals surface area contributed by atoms with E-state index in [4.69, 9.17) is 9.85 Å². The molecule has 0 radical (unpaired) electrons. The Labute approximate surface area is 51.8 Å². The number of aromatic nitrogens is 2. The Hall–Kier alpha value is -1.12. The van der Waals surface area contributed by atoms with Crippen molar-refractivity contribution in [1.82, 2.24) is 9.97 Å². The van der Waals surface area contributed by atoms with Crippen molar-refractivity contribution in [3.05, 3.63) is 18.1 Å². The van der Waals surface area contributed by atoms with Gasteiger partial charge in [-0.05, 0) is 6.85 Å². The van der Waals surface area contributed by atoms with E-state index in [9.17, 15) is 0 Å². The van der Waals surface area contributed by atoms with Crippen molar-refractivity contribution in [3.8, 4) is 0 Å². The number of nitrogens with zero attached hydrogens (tertiary/aromatic N) is 2. The molecule has 0 amide bonds. The van der Waals surface area contributed by atoms with Crippen molar-refractivity contribution in [2.45, 2.75) is 6.85 Å². The van der Waals surface area contributed by atoms with Crippen LogP contribution in [0.4, 0.5) is 5.82 Å². The highest BCUT2D eigenvalue weighted by Gasteiger charge is 1.83. The SMILES string of the molecule is [2H][13C]([2H])([2H])c1cncc(N)n1. The molecule has 2 N–H and O–H groups in total. The molecular formula is C5H7N3. The first-order valence-electron chi connectivity index (χ1n) is 3.58. The Morgan fingerprint density at radius 1 is 1.75 bits per heavy atom. The molecule has 1 aromatic rings. The first-order valence-corrected chi connectivity index (χ1v) is 2.08. The van der Waals surface area contributed by atoms with E-state index in [1.165, 1.54) is 12.4 Å². The van der Waals surface area contributed by atoms with Crippen LogP contribution < -0.4 is 5.73 Å². The molecule has 0 unspecified atom stereocenters. The number of nitrogens with two attached hydrogens (primary N) is 1. The summed E-state index contributed by atoms with van der Waals surface area (Å²) in [7, 11) is 0. The van der Waals surface area contributed by atoms with Gasteiger partial charge < -0.3 is 5.73 Å². The number of hydrogen-bond acceptors (Lipinski definition) is 3. The molecule has 1 heterocycles. The lowest BCUT2D eigenvalue weighted by Gasteiger charge is -1.89. The van der Waals surface area contributed by atoms with Gasteiger partial charge in [0, 0.05) is 10.3 Å². The Morgan fingerprint density at radius 2 is 2.62 bits per heavy atom. The maximum absolute atomic E-state index is 6.94. The van der Waals surface area contributed by atoms with E-state index < -0.39 is 6.85 Å². The van der Waals surface area contributed by atoms with Crippen LogP contribution >= 0.6 is 0 Å². The predicted molar refractivity (Wildman–Crippen MR) is 31.2 cm³/mol. The molecular weight excluding hydrogens is 103 g/mol. The van der Waals surface area contributed by atoms with E-state index in [1.54, 1.807) is 0 Å². The number of hydrogen-bond donors (Lipinski definition) is 1. The maximum atomic E-state index is 6.94. The number of aryl methyl sites for hydroxylation is 1. The summed E-state index contributed by atoms with van der Waals surface area (Å²) in [6.07, 6.45) is 2.48. The Bertz CT molecular complexity index is 257. The van der Waals surface area contributed by atoms with Crippen molar-refractivity contribution in [2.75, 3.05) is 5.73 Å². The van der Waals surface area contributed by atoms with Crippen molar-refractivity contribution in [1.29, 1.82) is 0 Å². The predicted octanol–water partition coefficient (Wildman–Crippen LogP) is 0.367. The molecule has 3 nitrogen and oxygen atoms in total. The minimum Gasteiger partial charge on any atom is -0.382 e. The first kappa shape index (κ1) is 2.44. The summed E-state index contributed by atoms with van der Waals surface area (Å²) in [4.78, 5) is 7.20. The van der Waals surface area contributed by atoms with Gasteiger partial charge in [-0.3, -0.25) is 4.98 Å². The van der Waals surface area contributed by atoms with Crippen LogP contribution in [0.1, 0.15) is 9.81 Å². The average Bonchev–Trinajstić information content (AvgIpc) is 1.86. The van der Waals surface area contributed by atoms with Gasteiger partial charge in [0.2, 0.25) is 0 Å². The molecule has 0 aliphatic heterocycles. The van der Waals surface area contributed by atoms with E-state index in [2.05, 4.69) is 9.97 Å². The van der Waals surface area contributed by atoms with Crippen LogP contribution in [-0.4, -0.2) is 9.97 Å². The van der Waals surface area contributed by atoms with Gasteiger partial charge in [0.1, 0.15) is 5.82 Å². The fraction of sp³-hybridized carbons (Fsp3) is 0.200. The van der Waals surface area contributed by atoms with Gasteiger partial charge in [-0.25, -0.2) is 4.98 Å². The summed E-state index contributed by atoms with van der Waals surface area (Å²) in [6, 6.07) is 0. The quantitative estimate of drug-likeness (QED) is 0.494. The average molecular weight is 113 g/mol. The Balaban J connectivity index is 3.06. The minimum atomic E-state index is -2.22. The molecule has 0 atom stereocenters. The van der Waals surface area contributed by atoms with Crippen LogP contribution in [0.3, 0.4) is 0 Å². The van der Waals surface area contributed by atoms with Crippen molar-refractivity contribution < 1.29 is 4.11 Å². The van der Waals surface area contributed by atoms with Crippen LogP contribution in [0, 0.1) is 6.85 Å². The van der Waals surface area contributed by atoms with E-state index in [0.29, 0.717) is 0 Å². The second kappa shape index (κ2) is 1.78. The summed E-state index contributed by atoms with van der Waals surface area (Å²) < 4.78 is 20.8. The molecule has 0 bridgehead atoms. The van der Waals surface area contributed by atoms with Crippen LogP contribution in [-0.2, 0) is 0 Å². The maximum Gasteiger partial charge on any atom is 0.142 e. The summed E-state index contributed by atoms with van der Waals surface area (Å²) >= 11 is 0. The van der Waals surface area contributed by atoms with Gasteiger partial charge in [-0.1, -0.05) is 0 Å². The molecule has 0 aromatic carbocycles. The molecule has 0 aliphatic rings. The summed E-state index contributed by atoms with van der Waals surface area (Å²) in [5.74, 6) is 0.124. The lowest BCUT2D eigenvalue weighted by Crippen LogP contribution is -1.91. The van der Waals surface area contributed by atoms with Crippen LogP contribution in [0.5, 0.6) is 0 Å². The molecule has 3 heteroatoms. The highest BCUT2D eigenvalue weighted by molar-refractivity contribution is 5.23. The van der Waals surface area contributed by atoms with Crippen molar-refractivity contribution >= 4 is 5.82 Å². The lowest BCUT2D eigenvalue weighted by atomic mass is 10.6. The van der Waals surface area contributed by atoms with Crippen molar-refractivity contribution in [2.24, 2.45) is 0 Å². The largest absolute Gasteiger partial charge is 0.382 e. The van der Waals surface area contributed by atoms with Gasteiger partial charge >= 0.3 is 0 Å². The topological polar surface area (TPSA) is 51.8 Å². The zero-order chi connectivity index (χ0) is 8.48. The van der Waals surface area contributed by atoms with E-state index >= 15 is 0 Å². The second-order valence-corrected chi connectivity index (χ2v) is 1.33. The zero-order valence-electron chi connectivity index (χ0n) is 7.13. The first-order chi connectivity index (χ1) is 5.00. The molecule has 1 aromatic heterocycles. The summed E-state index contributed by atoms with van der Waals surface area (Å²) in [5.41, 5.74) is 5.16. The monoisotopic (exact) mass is 113 g/mol. The van der Waals surface area contributed by atoms with Gasteiger partial charge in [-0.2, -0.15) is 0 Å². The fourth-order valence-electron chi connectivity index (χ4n) is 0.381. The molecule has 0 saturated carbocycles. The third kappa shape index (κ3) is 0.932. The normalized spacial score (nSPS) is 16.2. The number of rotatable bonds is 0. The standard InChI is InChI=1S/C5H7N3/c1-4-2-7-3-5(6)8-4/h2-3H,1H3,(H2,6,8)/i1+1D3. The molecule has 0 saturated heterocycles. The number of anilines is 1. The van der Waals surface area contributed by atoms with E-state index in [0.717, 1.165) is 0 Å². The molecule has 0 fully saturated rings. The van der Waals surface area contributed by atoms with E-state index in [1.807, 2.05) is 0 Å². The fourth-order valence-corrected chi connectivity index (χ4v) is 0.381. The molecule has 1 rings (SSSR count). The smallest absolute Gasteiger partial charge is 0.142 e.